The maximum absolute atomic E-state index is 13.8. The van der Waals surface area contributed by atoms with Crippen molar-refractivity contribution >= 4 is 23.2 Å². The van der Waals surface area contributed by atoms with Gasteiger partial charge in [0.2, 0.25) is 5.91 Å². The molecule has 0 saturated heterocycles. The Morgan fingerprint density at radius 2 is 2.18 bits per heavy atom. The molecule has 0 aliphatic rings. The van der Waals surface area contributed by atoms with Crippen molar-refractivity contribution in [2.45, 2.75) is 19.9 Å². The second-order valence-corrected chi connectivity index (χ2v) is 6.47. The third kappa shape index (κ3) is 3.56. The largest absolute Gasteiger partial charge is 0.348 e. The van der Waals surface area contributed by atoms with Gasteiger partial charge in [-0.15, -0.1) is 10.2 Å². The first kappa shape index (κ1) is 18.1. The van der Waals surface area contributed by atoms with Crippen LogP contribution >= 0.6 is 11.6 Å². The van der Waals surface area contributed by atoms with Gasteiger partial charge in [-0.25, -0.2) is 4.39 Å². The van der Waals surface area contributed by atoms with E-state index in [1.807, 2.05) is 0 Å². The summed E-state index contributed by atoms with van der Waals surface area (Å²) in [5.41, 5.74) is 1.44. The summed E-state index contributed by atoms with van der Waals surface area (Å²) in [5, 5.41) is 14.9. The number of pyridine rings is 1. The van der Waals surface area contributed by atoms with Crippen LogP contribution in [0.2, 0.25) is 5.02 Å². The van der Waals surface area contributed by atoms with Crippen molar-refractivity contribution in [2.75, 3.05) is 0 Å². The van der Waals surface area contributed by atoms with Crippen LogP contribution in [-0.2, 0) is 17.8 Å². The number of hydrogen-bond donors (Lipinski definition) is 1. The number of amides is 1. The van der Waals surface area contributed by atoms with Crippen LogP contribution in [0.5, 0.6) is 0 Å². The van der Waals surface area contributed by atoms with Crippen LogP contribution in [0, 0.1) is 12.7 Å². The fraction of sp³-hybridized carbons (Fsp3) is 0.167. The maximum atomic E-state index is 13.8. The monoisotopic (exact) mass is 400 g/mol. The normalized spacial score (nSPS) is 11.1. The van der Waals surface area contributed by atoms with Gasteiger partial charge in [0.25, 0.3) is 5.89 Å². The fourth-order valence-electron chi connectivity index (χ4n) is 2.71. The number of hydrogen-bond acceptors (Lipinski definition) is 6. The van der Waals surface area contributed by atoms with Crippen molar-refractivity contribution in [3.63, 3.8) is 0 Å². The van der Waals surface area contributed by atoms with E-state index in [-0.39, 0.29) is 29.5 Å². The summed E-state index contributed by atoms with van der Waals surface area (Å²) in [7, 11) is 0. The van der Waals surface area contributed by atoms with E-state index in [1.165, 1.54) is 12.1 Å². The van der Waals surface area contributed by atoms with Gasteiger partial charge in [0.1, 0.15) is 5.82 Å². The van der Waals surface area contributed by atoms with Gasteiger partial charge in [-0.1, -0.05) is 22.8 Å². The van der Waals surface area contributed by atoms with Crippen LogP contribution in [0.3, 0.4) is 0 Å². The highest BCUT2D eigenvalue weighted by Gasteiger charge is 2.14. The van der Waals surface area contributed by atoms with E-state index >= 15 is 0 Å². The first-order chi connectivity index (χ1) is 13.5. The second-order valence-electron chi connectivity index (χ2n) is 6.06. The van der Waals surface area contributed by atoms with Gasteiger partial charge >= 0.3 is 0 Å². The predicted octanol–water partition coefficient (Wildman–Crippen LogP) is 2.74. The number of fused-ring (bicyclic) bond motifs is 1. The molecule has 0 spiro atoms. The molecule has 4 aromatic rings. The summed E-state index contributed by atoms with van der Waals surface area (Å²) in [6.07, 6.45) is 1.59. The molecule has 0 saturated carbocycles. The van der Waals surface area contributed by atoms with E-state index in [9.17, 15) is 9.18 Å². The molecule has 8 nitrogen and oxygen atoms in total. The van der Waals surface area contributed by atoms with E-state index in [1.54, 1.807) is 35.7 Å². The third-order valence-corrected chi connectivity index (χ3v) is 4.45. The number of aromatic nitrogens is 5. The van der Waals surface area contributed by atoms with Gasteiger partial charge in [-0.3, -0.25) is 9.20 Å². The molecule has 28 heavy (non-hydrogen) atoms. The molecule has 0 unspecified atom stereocenters. The van der Waals surface area contributed by atoms with Gasteiger partial charge in [-0.2, -0.15) is 4.98 Å². The first-order valence-electron chi connectivity index (χ1n) is 8.35. The van der Waals surface area contributed by atoms with Gasteiger partial charge < -0.3 is 9.84 Å². The molecule has 0 radical (unpaired) electrons. The number of benzene rings is 1. The molecule has 0 atom stereocenters. The van der Waals surface area contributed by atoms with Gasteiger partial charge in [0, 0.05) is 22.3 Å². The Labute approximate surface area is 163 Å². The van der Waals surface area contributed by atoms with E-state index in [0.29, 0.717) is 28.8 Å². The number of rotatable bonds is 5. The summed E-state index contributed by atoms with van der Waals surface area (Å²) in [4.78, 5) is 16.3. The average Bonchev–Trinajstić information content (AvgIpc) is 3.29. The lowest BCUT2D eigenvalue weighted by Crippen LogP contribution is -2.26. The van der Waals surface area contributed by atoms with Gasteiger partial charge in [0.05, 0.1) is 13.0 Å². The average molecular weight is 401 g/mol. The number of nitrogens with one attached hydrogen (secondary N) is 1. The highest BCUT2D eigenvalue weighted by atomic mass is 35.5. The van der Waals surface area contributed by atoms with Crippen molar-refractivity contribution < 1.29 is 13.7 Å². The first-order valence-corrected chi connectivity index (χ1v) is 8.73. The fourth-order valence-corrected chi connectivity index (χ4v) is 2.94. The number of carbonyl (C=O) groups is 1. The minimum Gasteiger partial charge on any atom is -0.348 e. The number of halogens is 2. The highest BCUT2D eigenvalue weighted by Crippen LogP contribution is 2.20. The number of aryl methyl sites for hydroxylation is 1. The summed E-state index contributed by atoms with van der Waals surface area (Å²) in [6, 6.07) is 7.84. The quantitative estimate of drug-likeness (QED) is 0.553. The molecule has 3 heterocycles. The standard InChI is InChI=1S/C18H14ClFN6O2/c1-10-22-18(28-25-10)11-5-6-26-15(7-11)23-24-16(26)9-21-17(27)8-12-13(19)3-2-4-14(12)20/h2-7H,8-9H2,1H3,(H,21,27). The molecule has 0 fully saturated rings. The zero-order valence-electron chi connectivity index (χ0n) is 14.7. The zero-order valence-corrected chi connectivity index (χ0v) is 15.4. The smallest absolute Gasteiger partial charge is 0.258 e. The molecule has 10 heteroatoms. The van der Waals surface area contributed by atoms with Gasteiger partial charge in [0.15, 0.2) is 17.3 Å². The van der Waals surface area contributed by atoms with Crippen molar-refractivity contribution in [3.05, 3.63) is 64.6 Å². The molecule has 1 N–H and O–H groups in total. The highest BCUT2D eigenvalue weighted by molar-refractivity contribution is 6.31. The second kappa shape index (κ2) is 7.35. The minimum absolute atomic E-state index is 0.130. The van der Waals surface area contributed by atoms with Crippen LogP contribution < -0.4 is 5.32 Å². The molecule has 1 amide bonds. The van der Waals surface area contributed by atoms with E-state index < -0.39 is 5.82 Å². The van der Waals surface area contributed by atoms with Crippen LogP contribution in [0.4, 0.5) is 4.39 Å². The Morgan fingerprint density at radius 1 is 1.32 bits per heavy atom. The SMILES string of the molecule is Cc1noc(-c2ccn3c(CNC(=O)Cc4c(F)cccc4Cl)nnc3c2)n1. The summed E-state index contributed by atoms with van der Waals surface area (Å²) in [6.45, 7) is 1.86. The Morgan fingerprint density at radius 3 is 2.93 bits per heavy atom. The predicted molar refractivity (Wildman–Crippen MR) is 98.0 cm³/mol. The van der Waals surface area contributed by atoms with Crippen molar-refractivity contribution in [3.8, 4) is 11.5 Å². The molecular formula is C18H14ClFN6O2. The minimum atomic E-state index is -0.514. The van der Waals surface area contributed by atoms with Crippen molar-refractivity contribution in [2.24, 2.45) is 0 Å². The summed E-state index contributed by atoms with van der Waals surface area (Å²) >= 11 is 5.95. The van der Waals surface area contributed by atoms with Crippen molar-refractivity contribution in [1.29, 1.82) is 0 Å². The Hall–Kier alpha value is -3.33. The topological polar surface area (TPSA) is 98.2 Å². The lowest BCUT2D eigenvalue weighted by Gasteiger charge is -2.07. The molecule has 4 rings (SSSR count). The zero-order chi connectivity index (χ0) is 19.7. The van der Waals surface area contributed by atoms with Crippen LogP contribution in [0.15, 0.2) is 41.1 Å². The Kier molecular flexibility index (Phi) is 4.74. The van der Waals surface area contributed by atoms with E-state index in [4.69, 9.17) is 16.1 Å². The third-order valence-electron chi connectivity index (χ3n) is 4.10. The number of nitrogens with zero attached hydrogens (tertiary/aromatic N) is 5. The lowest BCUT2D eigenvalue weighted by molar-refractivity contribution is -0.120. The van der Waals surface area contributed by atoms with E-state index in [2.05, 4.69) is 25.7 Å². The van der Waals surface area contributed by atoms with E-state index in [0.717, 1.165) is 0 Å². The Bertz CT molecular complexity index is 1150. The molecular weight excluding hydrogens is 387 g/mol. The Balaban J connectivity index is 1.47. The lowest BCUT2D eigenvalue weighted by atomic mass is 10.1. The summed E-state index contributed by atoms with van der Waals surface area (Å²) in [5.74, 6) is 0.562. The van der Waals surface area contributed by atoms with Crippen molar-refractivity contribution in [1.82, 2.24) is 30.1 Å². The van der Waals surface area contributed by atoms with Crippen LogP contribution in [0.1, 0.15) is 17.2 Å². The summed E-state index contributed by atoms with van der Waals surface area (Å²) < 4.78 is 20.7. The molecule has 142 valence electrons. The molecule has 0 bridgehead atoms. The molecule has 3 aromatic heterocycles. The number of carbonyl (C=O) groups excluding carboxylic acids is 1. The van der Waals surface area contributed by atoms with Crippen LogP contribution in [-0.4, -0.2) is 30.6 Å². The molecule has 0 aliphatic carbocycles. The molecule has 1 aromatic carbocycles. The van der Waals surface area contributed by atoms with Gasteiger partial charge in [-0.05, 0) is 31.2 Å². The molecule has 0 aliphatic heterocycles. The maximum Gasteiger partial charge on any atom is 0.258 e. The van der Waals surface area contributed by atoms with Crippen LogP contribution in [0.25, 0.3) is 17.1 Å².